The molecule has 0 fully saturated rings. The number of aromatic hydroxyl groups is 1. The Morgan fingerprint density at radius 3 is 2.55 bits per heavy atom. The standard InChI is InChI=1S/C23H26O6/c1-12(2)5-6-13-16(24)8-7-14-22(25)21-15-9-18(26-3)19(27-4)10-17(15)28-11-20(21)29-23(13)14/h5,7-10,20-22,24-25H,6,11H2,1-4H3. The number of aliphatic hydroxyl groups is 1. The summed E-state index contributed by atoms with van der Waals surface area (Å²) < 4.78 is 23.0. The molecule has 6 nitrogen and oxygen atoms in total. The van der Waals surface area contributed by atoms with Crippen LogP contribution in [0.1, 0.15) is 42.6 Å². The topological polar surface area (TPSA) is 77.4 Å². The van der Waals surface area contributed by atoms with Crippen LogP contribution < -0.4 is 18.9 Å². The van der Waals surface area contributed by atoms with Crippen molar-refractivity contribution in [2.45, 2.75) is 38.4 Å². The number of phenols is 1. The lowest BCUT2D eigenvalue weighted by atomic mass is 9.80. The quantitative estimate of drug-likeness (QED) is 0.761. The molecule has 0 bridgehead atoms. The number of allylic oxidation sites excluding steroid dienone is 2. The Morgan fingerprint density at radius 1 is 1.14 bits per heavy atom. The zero-order chi connectivity index (χ0) is 20.7. The molecular formula is C23H26O6. The molecule has 3 unspecified atom stereocenters. The number of ether oxygens (including phenoxy) is 4. The monoisotopic (exact) mass is 398 g/mol. The van der Waals surface area contributed by atoms with Gasteiger partial charge in [-0.25, -0.2) is 0 Å². The van der Waals surface area contributed by atoms with Gasteiger partial charge in [-0.05, 0) is 38.5 Å². The van der Waals surface area contributed by atoms with E-state index in [0.29, 0.717) is 47.2 Å². The zero-order valence-corrected chi connectivity index (χ0v) is 17.1. The first kappa shape index (κ1) is 19.5. The van der Waals surface area contributed by atoms with Crippen LogP contribution >= 0.6 is 0 Å². The summed E-state index contributed by atoms with van der Waals surface area (Å²) in [4.78, 5) is 0. The molecule has 3 atom stereocenters. The van der Waals surface area contributed by atoms with Crippen LogP contribution in [0.2, 0.25) is 0 Å². The Morgan fingerprint density at radius 2 is 1.86 bits per heavy atom. The molecular weight excluding hydrogens is 372 g/mol. The van der Waals surface area contributed by atoms with Crippen molar-refractivity contribution < 1.29 is 29.2 Å². The summed E-state index contributed by atoms with van der Waals surface area (Å²) in [5, 5.41) is 21.7. The fourth-order valence-corrected chi connectivity index (χ4v) is 4.07. The van der Waals surface area contributed by atoms with Gasteiger partial charge >= 0.3 is 0 Å². The zero-order valence-electron chi connectivity index (χ0n) is 17.1. The Balaban J connectivity index is 1.79. The van der Waals surface area contributed by atoms with Crippen LogP contribution in [0.25, 0.3) is 0 Å². The number of fused-ring (bicyclic) bond motifs is 4. The van der Waals surface area contributed by atoms with E-state index in [2.05, 4.69) is 0 Å². The van der Waals surface area contributed by atoms with E-state index >= 15 is 0 Å². The van der Waals surface area contributed by atoms with Gasteiger partial charge in [-0.15, -0.1) is 0 Å². The van der Waals surface area contributed by atoms with Crippen molar-refractivity contribution in [3.8, 4) is 28.7 Å². The van der Waals surface area contributed by atoms with Gasteiger partial charge in [-0.1, -0.05) is 11.6 Å². The van der Waals surface area contributed by atoms with Crippen molar-refractivity contribution in [3.05, 3.63) is 52.6 Å². The number of phenolic OH excluding ortho intramolecular Hbond substituents is 1. The first-order valence-electron chi connectivity index (χ1n) is 9.66. The highest BCUT2D eigenvalue weighted by molar-refractivity contribution is 5.57. The molecule has 2 aromatic rings. The highest BCUT2D eigenvalue weighted by Crippen LogP contribution is 2.52. The summed E-state index contributed by atoms with van der Waals surface area (Å²) in [6, 6.07) is 6.97. The first-order chi connectivity index (χ1) is 13.9. The Hall–Kier alpha value is -2.86. The maximum Gasteiger partial charge on any atom is 0.164 e. The van der Waals surface area contributed by atoms with Crippen molar-refractivity contribution in [2.75, 3.05) is 20.8 Å². The minimum atomic E-state index is -0.796. The summed E-state index contributed by atoms with van der Waals surface area (Å²) >= 11 is 0. The summed E-state index contributed by atoms with van der Waals surface area (Å²) in [6.45, 7) is 4.30. The van der Waals surface area contributed by atoms with Gasteiger partial charge in [0.15, 0.2) is 11.5 Å². The molecule has 0 spiro atoms. The first-order valence-corrected chi connectivity index (χ1v) is 9.66. The SMILES string of the molecule is COc1cc2c(cc1OC)C1C(CO2)Oc2c(ccc(O)c2CC=C(C)C)C1O. The highest BCUT2D eigenvalue weighted by atomic mass is 16.5. The molecule has 2 aliphatic rings. The number of methoxy groups -OCH3 is 2. The predicted molar refractivity (Wildman–Crippen MR) is 108 cm³/mol. The van der Waals surface area contributed by atoms with E-state index in [9.17, 15) is 10.2 Å². The van der Waals surface area contributed by atoms with Gasteiger partial charge in [-0.2, -0.15) is 0 Å². The van der Waals surface area contributed by atoms with E-state index in [4.69, 9.17) is 18.9 Å². The van der Waals surface area contributed by atoms with Gasteiger partial charge in [-0.3, -0.25) is 0 Å². The average Bonchev–Trinajstić information content (AvgIpc) is 2.71. The molecule has 0 radical (unpaired) electrons. The van der Waals surface area contributed by atoms with E-state index in [-0.39, 0.29) is 17.8 Å². The number of hydrogen-bond donors (Lipinski definition) is 2. The summed E-state index contributed by atoms with van der Waals surface area (Å²) in [6.07, 6.45) is 1.39. The van der Waals surface area contributed by atoms with Crippen molar-refractivity contribution in [1.29, 1.82) is 0 Å². The summed E-state index contributed by atoms with van der Waals surface area (Å²) in [5.74, 6) is 2.19. The van der Waals surface area contributed by atoms with E-state index in [1.54, 1.807) is 32.4 Å². The second kappa shape index (κ2) is 7.52. The van der Waals surface area contributed by atoms with E-state index in [1.807, 2.05) is 26.0 Å². The lowest BCUT2D eigenvalue weighted by Crippen LogP contribution is -2.42. The summed E-state index contributed by atoms with van der Waals surface area (Å²) in [5.41, 5.74) is 3.31. The van der Waals surface area contributed by atoms with Gasteiger partial charge in [0.1, 0.15) is 30.0 Å². The van der Waals surface area contributed by atoms with Gasteiger partial charge in [0.2, 0.25) is 0 Å². The van der Waals surface area contributed by atoms with Crippen LogP contribution in [0, 0.1) is 0 Å². The molecule has 6 heteroatoms. The lowest BCUT2D eigenvalue weighted by Gasteiger charge is -2.41. The third kappa shape index (κ3) is 3.27. The molecule has 0 saturated carbocycles. The van der Waals surface area contributed by atoms with Gasteiger partial charge in [0.05, 0.1) is 26.2 Å². The average molecular weight is 398 g/mol. The molecule has 154 valence electrons. The van der Waals surface area contributed by atoms with Crippen LogP contribution in [0.5, 0.6) is 28.7 Å². The Kier molecular flexibility index (Phi) is 5.04. The maximum atomic E-state index is 11.3. The van der Waals surface area contributed by atoms with E-state index < -0.39 is 6.10 Å². The minimum Gasteiger partial charge on any atom is -0.508 e. The molecule has 29 heavy (non-hydrogen) atoms. The number of aliphatic hydroxyl groups excluding tert-OH is 1. The smallest absolute Gasteiger partial charge is 0.164 e. The molecule has 2 N–H and O–H groups in total. The minimum absolute atomic E-state index is 0.162. The van der Waals surface area contributed by atoms with Crippen molar-refractivity contribution in [1.82, 2.24) is 0 Å². The number of benzene rings is 2. The molecule has 0 aliphatic carbocycles. The van der Waals surface area contributed by atoms with Gasteiger partial charge in [0.25, 0.3) is 0 Å². The number of hydrogen-bond acceptors (Lipinski definition) is 6. The van der Waals surface area contributed by atoms with Crippen LogP contribution in [0.3, 0.4) is 0 Å². The Bertz CT molecular complexity index is 960. The van der Waals surface area contributed by atoms with Gasteiger partial charge < -0.3 is 29.2 Å². The van der Waals surface area contributed by atoms with Crippen LogP contribution in [-0.2, 0) is 6.42 Å². The predicted octanol–water partition coefficient (Wildman–Crippen LogP) is 3.89. The fourth-order valence-electron chi connectivity index (χ4n) is 4.07. The van der Waals surface area contributed by atoms with Crippen LogP contribution in [0.15, 0.2) is 35.9 Å². The normalized spacial score (nSPS) is 21.6. The third-order valence-electron chi connectivity index (χ3n) is 5.59. The van der Waals surface area contributed by atoms with Crippen molar-refractivity contribution >= 4 is 0 Å². The highest BCUT2D eigenvalue weighted by Gasteiger charge is 2.44. The molecule has 2 aromatic carbocycles. The van der Waals surface area contributed by atoms with E-state index in [1.165, 1.54) is 0 Å². The van der Waals surface area contributed by atoms with Crippen LogP contribution in [-0.4, -0.2) is 37.1 Å². The number of rotatable bonds is 4. The molecule has 0 saturated heterocycles. The van der Waals surface area contributed by atoms with Crippen LogP contribution in [0.4, 0.5) is 0 Å². The van der Waals surface area contributed by atoms with Gasteiger partial charge in [0, 0.05) is 22.8 Å². The second-order valence-electron chi connectivity index (χ2n) is 7.65. The molecule has 4 rings (SSSR count). The summed E-state index contributed by atoms with van der Waals surface area (Å²) in [7, 11) is 3.15. The largest absolute Gasteiger partial charge is 0.508 e. The Labute approximate surface area is 170 Å². The third-order valence-corrected chi connectivity index (χ3v) is 5.59. The second-order valence-corrected chi connectivity index (χ2v) is 7.65. The lowest BCUT2D eigenvalue weighted by molar-refractivity contribution is 0.000596. The fraction of sp³-hybridized carbons (Fsp3) is 0.391. The molecule has 2 heterocycles. The molecule has 0 amide bonds. The molecule has 0 aromatic heterocycles. The van der Waals surface area contributed by atoms with E-state index in [0.717, 1.165) is 11.1 Å². The molecule has 2 aliphatic heterocycles. The maximum absolute atomic E-state index is 11.3. The van der Waals surface area contributed by atoms with Crippen molar-refractivity contribution in [3.63, 3.8) is 0 Å². The van der Waals surface area contributed by atoms with Crippen molar-refractivity contribution in [2.24, 2.45) is 0 Å².